The Balaban J connectivity index is 2.08. The second kappa shape index (κ2) is 8.44. The minimum atomic E-state index is -3.73. The maximum atomic E-state index is 11.0. The molecule has 0 aliphatic rings. The van der Waals surface area contributed by atoms with Crippen LogP contribution in [0.15, 0.2) is 21.6 Å². The predicted octanol–water partition coefficient (Wildman–Crippen LogP) is 2.62. The van der Waals surface area contributed by atoms with Crippen molar-refractivity contribution in [1.29, 1.82) is 0 Å². The highest BCUT2D eigenvalue weighted by molar-refractivity contribution is 7.89. The number of hydrogen-bond donors (Lipinski definition) is 2. The van der Waals surface area contributed by atoms with Gasteiger partial charge in [0.1, 0.15) is 5.76 Å². The maximum absolute atomic E-state index is 11.0. The lowest BCUT2D eigenvalue weighted by molar-refractivity contribution is 0.401. The van der Waals surface area contributed by atoms with Crippen LogP contribution >= 0.6 is 0 Å². The first-order valence-corrected chi connectivity index (χ1v) is 8.76. The van der Waals surface area contributed by atoms with Gasteiger partial charge in [-0.15, -0.1) is 0 Å². The predicted molar refractivity (Wildman–Crippen MR) is 79.7 cm³/mol. The fraction of sp³-hybridized carbons (Fsp3) is 0.714. The van der Waals surface area contributed by atoms with E-state index in [2.05, 4.69) is 19.2 Å². The fourth-order valence-corrected chi connectivity index (χ4v) is 2.45. The lowest BCUT2D eigenvalue weighted by Crippen LogP contribution is -2.14. The quantitative estimate of drug-likeness (QED) is 0.651. The third-order valence-corrected chi connectivity index (χ3v) is 3.88. The van der Waals surface area contributed by atoms with Crippen molar-refractivity contribution in [1.82, 2.24) is 5.32 Å². The SMILES string of the molecule is CC(C)CCCCCCNCc1ccc(S(N)(=O)=O)o1. The number of sulfonamides is 1. The molecule has 1 rings (SSSR count). The van der Waals surface area contributed by atoms with Gasteiger partial charge in [0, 0.05) is 0 Å². The van der Waals surface area contributed by atoms with E-state index < -0.39 is 10.0 Å². The van der Waals surface area contributed by atoms with Crippen molar-refractivity contribution in [3.05, 3.63) is 17.9 Å². The molecule has 0 bridgehead atoms. The van der Waals surface area contributed by atoms with Crippen molar-refractivity contribution in [2.24, 2.45) is 11.1 Å². The van der Waals surface area contributed by atoms with Crippen molar-refractivity contribution in [3.63, 3.8) is 0 Å². The molecule has 0 amide bonds. The number of nitrogens with one attached hydrogen (secondary N) is 1. The summed E-state index contributed by atoms with van der Waals surface area (Å²) in [6, 6.07) is 3.02. The van der Waals surface area contributed by atoms with E-state index in [0.717, 1.165) is 18.9 Å². The highest BCUT2D eigenvalue weighted by Gasteiger charge is 2.12. The summed E-state index contributed by atoms with van der Waals surface area (Å²) >= 11 is 0. The number of hydrogen-bond acceptors (Lipinski definition) is 4. The molecule has 1 heterocycles. The normalized spacial score (nSPS) is 12.2. The van der Waals surface area contributed by atoms with Crippen molar-refractivity contribution in [3.8, 4) is 0 Å². The van der Waals surface area contributed by atoms with Gasteiger partial charge >= 0.3 is 0 Å². The zero-order chi connectivity index (χ0) is 15.0. The molecule has 0 saturated heterocycles. The molecule has 0 saturated carbocycles. The van der Waals surface area contributed by atoms with Gasteiger partial charge in [-0.2, -0.15) is 0 Å². The minimum absolute atomic E-state index is 0.178. The van der Waals surface area contributed by atoms with E-state index in [0.29, 0.717) is 12.3 Å². The molecule has 116 valence electrons. The summed E-state index contributed by atoms with van der Waals surface area (Å²) in [4.78, 5) is 0. The van der Waals surface area contributed by atoms with Crippen molar-refractivity contribution >= 4 is 10.0 Å². The van der Waals surface area contributed by atoms with E-state index in [4.69, 9.17) is 9.56 Å². The van der Waals surface area contributed by atoms with Crippen LogP contribution in [0.2, 0.25) is 0 Å². The molecule has 1 aromatic heterocycles. The third kappa shape index (κ3) is 7.07. The van der Waals surface area contributed by atoms with Crippen molar-refractivity contribution < 1.29 is 12.8 Å². The van der Waals surface area contributed by atoms with Crippen LogP contribution in [-0.2, 0) is 16.6 Å². The van der Waals surface area contributed by atoms with Gasteiger partial charge in [-0.25, -0.2) is 13.6 Å². The van der Waals surface area contributed by atoms with Crippen LogP contribution in [0.25, 0.3) is 0 Å². The van der Waals surface area contributed by atoms with Crippen LogP contribution in [0, 0.1) is 5.92 Å². The molecule has 0 radical (unpaired) electrons. The average molecular weight is 302 g/mol. The highest BCUT2D eigenvalue weighted by Crippen LogP contribution is 2.12. The maximum Gasteiger partial charge on any atom is 0.271 e. The molecule has 5 nitrogen and oxygen atoms in total. The first kappa shape index (κ1) is 17.2. The van der Waals surface area contributed by atoms with Crippen LogP contribution in [0.3, 0.4) is 0 Å². The van der Waals surface area contributed by atoms with E-state index in [1.165, 1.54) is 31.7 Å². The van der Waals surface area contributed by atoms with Gasteiger partial charge in [0.15, 0.2) is 0 Å². The first-order valence-electron chi connectivity index (χ1n) is 7.22. The second-order valence-corrected chi connectivity index (χ2v) is 7.03. The largest absolute Gasteiger partial charge is 0.447 e. The van der Waals surface area contributed by atoms with Gasteiger partial charge in [0.25, 0.3) is 10.0 Å². The molecule has 0 aromatic carbocycles. The van der Waals surface area contributed by atoms with Gasteiger partial charge in [-0.1, -0.05) is 39.5 Å². The van der Waals surface area contributed by atoms with Gasteiger partial charge in [-0.3, -0.25) is 0 Å². The summed E-state index contributed by atoms with van der Waals surface area (Å²) in [6.45, 7) is 5.94. The Kier molecular flexibility index (Phi) is 7.26. The number of furan rings is 1. The lowest BCUT2D eigenvalue weighted by atomic mass is 10.0. The Bertz CT molecular complexity index is 480. The lowest BCUT2D eigenvalue weighted by Gasteiger charge is -2.05. The van der Waals surface area contributed by atoms with E-state index in [1.807, 2.05) is 0 Å². The fourth-order valence-electron chi connectivity index (χ4n) is 1.97. The molecular formula is C14H26N2O3S. The molecule has 1 aromatic rings. The summed E-state index contributed by atoms with van der Waals surface area (Å²) in [6.07, 6.45) is 6.22. The Morgan fingerprint density at radius 1 is 1.20 bits per heavy atom. The first-order chi connectivity index (χ1) is 9.39. The molecule has 3 N–H and O–H groups in total. The zero-order valence-electron chi connectivity index (χ0n) is 12.4. The Morgan fingerprint density at radius 3 is 2.50 bits per heavy atom. The summed E-state index contributed by atoms with van der Waals surface area (Å²) in [5.74, 6) is 1.38. The summed E-state index contributed by atoms with van der Waals surface area (Å²) in [5.41, 5.74) is 0. The molecule has 0 spiro atoms. The van der Waals surface area contributed by atoms with E-state index >= 15 is 0 Å². The number of rotatable bonds is 10. The Labute approximate surface area is 122 Å². The van der Waals surface area contributed by atoms with Crippen LogP contribution in [0.1, 0.15) is 51.7 Å². The molecule has 0 fully saturated rings. The molecule has 0 aliphatic carbocycles. The van der Waals surface area contributed by atoms with Crippen LogP contribution < -0.4 is 10.5 Å². The van der Waals surface area contributed by atoms with Crippen LogP contribution in [0.5, 0.6) is 0 Å². The van der Waals surface area contributed by atoms with Crippen LogP contribution in [-0.4, -0.2) is 15.0 Å². The molecule has 6 heteroatoms. The topological polar surface area (TPSA) is 85.3 Å². The van der Waals surface area contributed by atoms with Crippen molar-refractivity contribution in [2.75, 3.05) is 6.54 Å². The highest BCUT2D eigenvalue weighted by atomic mass is 32.2. The third-order valence-electron chi connectivity index (χ3n) is 3.10. The molecule has 0 aliphatic heterocycles. The summed E-state index contributed by atoms with van der Waals surface area (Å²) in [7, 11) is -3.73. The van der Waals surface area contributed by atoms with Gasteiger partial charge in [0.2, 0.25) is 5.09 Å². The van der Waals surface area contributed by atoms with Gasteiger partial charge < -0.3 is 9.73 Å². The van der Waals surface area contributed by atoms with Gasteiger partial charge in [-0.05, 0) is 31.0 Å². The van der Waals surface area contributed by atoms with E-state index in [1.54, 1.807) is 6.07 Å². The minimum Gasteiger partial charge on any atom is -0.447 e. The van der Waals surface area contributed by atoms with Crippen LogP contribution in [0.4, 0.5) is 0 Å². The van der Waals surface area contributed by atoms with E-state index in [9.17, 15) is 8.42 Å². The summed E-state index contributed by atoms with van der Waals surface area (Å²) in [5, 5.41) is 8.03. The standard InChI is InChI=1S/C14H26N2O3S/c1-12(2)7-5-3-4-6-10-16-11-13-8-9-14(19-13)20(15,17)18/h8-9,12,16H,3-7,10-11H2,1-2H3,(H2,15,17,18). The number of nitrogens with two attached hydrogens (primary N) is 1. The van der Waals surface area contributed by atoms with Crippen molar-refractivity contribution in [2.45, 2.75) is 57.6 Å². The number of unbranched alkanes of at least 4 members (excludes halogenated alkanes) is 3. The molecule has 20 heavy (non-hydrogen) atoms. The Morgan fingerprint density at radius 2 is 1.90 bits per heavy atom. The van der Waals surface area contributed by atoms with Gasteiger partial charge in [0.05, 0.1) is 6.54 Å². The second-order valence-electron chi connectivity index (χ2n) is 5.54. The number of primary sulfonamides is 1. The monoisotopic (exact) mass is 302 g/mol. The smallest absolute Gasteiger partial charge is 0.271 e. The average Bonchev–Trinajstić information content (AvgIpc) is 2.80. The summed E-state index contributed by atoms with van der Waals surface area (Å²) < 4.78 is 27.2. The van der Waals surface area contributed by atoms with E-state index in [-0.39, 0.29) is 5.09 Å². The molecular weight excluding hydrogens is 276 g/mol. The molecule has 0 atom stereocenters. The zero-order valence-corrected chi connectivity index (χ0v) is 13.2. The molecule has 0 unspecified atom stereocenters. The Hall–Kier alpha value is -0.850.